The van der Waals surface area contributed by atoms with Gasteiger partial charge in [0.1, 0.15) is 0 Å². The van der Waals surface area contributed by atoms with Gasteiger partial charge in [-0.2, -0.15) is 0 Å². The first kappa shape index (κ1) is 9.47. The van der Waals surface area contributed by atoms with Gasteiger partial charge in [-0.1, -0.05) is 20.8 Å². The van der Waals surface area contributed by atoms with E-state index in [1.807, 2.05) is 0 Å². The summed E-state index contributed by atoms with van der Waals surface area (Å²) in [6.07, 6.45) is 2.55. The van der Waals surface area contributed by atoms with Crippen LogP contribution >= 0.6 is 0 Å². The molecular formula is C11H20O2. The molecule has 0 amide bonds. The Bertz CT molecular complexity index is 219. The van der Waals surface area contributed by atoms with Gasteiger partial charge in [-0.05, 0) is 30.6 Å². The fourth-order valence-electron chi connectivity index (χ4n) is 3.25. The highest BCUT2D eigenvalue weighted by atomic mass is 16.3. The zero-order valence-electron chi connectivity index (χ0n) is 8.75. The molecule has 4 atom stereocenters. The van der Waals surface area contributed by atoms with Gasteiger partial charge in [-0.25, -0.2) is 0 Å². The highest BCUT2D eigenvalue weighted by molar-refractivity contribution is 5.09. The number of aliphatic hydroxyl groups excluding tert-OH is 1. The van der Waals surface area contributed by atoms with Gasteiger partial charge in [0.2, 0.25) is 0 Å². The van der Waals surface area contributed by atoms with Gasteiger partial charge in [-0.3, -0.25) is 0 Å². The van der Waals surface area contributed by atoms with E-state index >= 15 is 0 Å². The summed E-state index contributed by atoms with van der Waals surface area (Å²) in [5.74, 6) is 0.682. The Morgan fingerprint density at radius 2 is 1.85 bits per heavy atom. The van der Waals surface area contributed by atoms with Crippen LogP contribution in [-0.2, 0) is 0 Å². The highest BCUT2D eigenvalue weighted by Crippen LogP contribution is 2.57. The molecule has 0 saturated heterocycles. The summed E-state index contributed by atoms with van der Waals surface area (Å²) in [7, 11) is 0. The van der Waals surface area contributed by atoms with Crippen molar-refractivity contribution in [2.45, 2.75) is 51.7 Å². The fourth-order valence-corrected chi connectivity index (χ4v) is 3.25. The van der Waals surface area contributed by atoms with Gasteiger partial charge in [0.25, 0.3) is 0 Å². The van der Waals surface area contributed by atoms with Crippen molar-refractivity contribution < 1.29 is 10.2 Å². The average Bonchev–Trinajstić information content (AvgIpc) is 2.41. The van der Waals surface area contributed by atoms with E-state index in [4.69, 9.17) is 0 Å². The second-order valence-corrected chi connectivity index (χ2v) is 5.89. The maximum absolute atomic E-state index is 10.5. The molecule has 0 spiro atoms. The topological polar surface area (TPSA) is 40.5 Å². The number of hydrogen-bond acceptors (Lipinski definition) is 2. The van der Waals surface area contributed by atoms with Gasteiger partial charge in [-0.15, -0.1) is 0 Å². The molecule has 2 N–H and O–H groups in total. The maximum Gasteiger partial charge on any atom is 0.0751 e. The van der Waals surface area contributed by atoms with Crippen molar-refractivity contribution in [3.05, 3.63) is 0 Å². The van der Waals surface area contributed by atoms with Crippen molar-refractivity contribution in [1.29, 1.82) is 0 Å². The van der Waals surface area contributed by atoms with Crippen LogP contribution < -0.4 is 0 Å². The SMILES string of the molecule is CC(C)(C)[C@@]1(O)C[C@@H]2C[C@@H](O)[C@H]1C2. The largest absolute Gasteiger partial charge is 0.393 e. The molecule has 13 heavy (non-hydrogen) atoms. The van der Waals surface area contributed by atoms with Crippen LogP contribution in [0.25, 0.3) is 0 Å². The average molecular weight is 184 g/mol. The van der Waals surface area contributed by atoms with E-state index in [9.17, 15) is 10.2 Å². The van der Waals surface area contributed by atoms with E-state index in [2.05, 4.69) is 20.8 Å². The minimum absolute atomic E-state index is 0.103. The second-order valence-electron chi connectivity index (χ2n) is 5.89. The summed E-state index contributed by atoms with van der Waals surface area (Å²) in [5, 5.41) is 20.3. The Morgan fingerprint density at radius 1 is 1.23 bits per heavy atom. The summed E-state index contributed by atoms with van der Waals surface area (Å²) in [5.41, 5.74) is -0.733. The zero-order valence-corrected chi connectivity index (χ0v) is 8.75. The van der Waals surface area contributed by atoms with E-state index in [1.165, 1.54) is 0 Å². The summed E-state index contributed by atoms with van der Waals surface area (Å²) in [6, 6.07) is 0. The van der Waals surface area contributed by atoms with Crippen LogP contribution in [0.3, 0.4) is 0 Å². The maximum atomic E-state index is 10.5. The van der Waals surface area contributed by atoms with E-state index in [1.54, 1.807) is 0 Å². The van der Waals surface area contributed by atoms with Gasteiger partial charge < -0.3 is 10.2 Å². The van der Waals surface area contributed by atoms with Crippen LogP contribution in [0.15, 0.2) is 0 Å². The molecule has 2 heteroatoms. The first-order chi connectivity index (χ1) is 5.84. The lowest BCUT2D eigenvalue weighted by molar-refractivity contribution is -0.132. The number of hydrogen-bond donors (Lipinski definition) is 2. The monoisotopic (exact) mass is 184 g/mol. The summed E-state index contributed by atoms with van der Waals surface area (Å²) in [4.78, 5) is 0. The zero-order chi connectivity index (χ0) is 9.85. The standard InChI is InChI=1S/C11H20O2/c1-10(2,3)11(13)6-7-4-8(11)9(12)5-7/h7-9,12-13H,4-6H2,1-3H3/t7-,8+,9+,11+/m0/s1. The van der Waals surface area contributed by atoms with Crippen molar-refractivity contribution in [2.24, 2.45) is 17.3 Å². The van der Waals surface area contributed by atoms with Gasteiger partial charge in [0, 0.05) is 5.92 Å². The molecule has 0 heterocycles. The van der Waals surface area contributed by atoms with Crippen molar-refractivity contribution in [1.82, 2.24) is 0 Å². The molecule has 2 aliphatic carbocycles. The van der Waals surface area contributed by atoms with Crippen LogP contribution in [0.2, 0.25) is 0 Å². The predicted molar refractivity (Wildman–Crippen MR) is 51.2 cm³/mol. The minimum Gasteiger partial charge on any atom is -0.393 e. The van der Waals surface area contributed by atoms with Crippen molar-refractivity contribution >= 4 is 0 Å². The van der Waals surface area contributed by atoms with Crippen LogP contribution in [0.5, 0.6) is 0 Å². The summed E-state index contributed by atoms with van der Waals surface area (Å²) < 4.78 is 0. The van der Waals surface area contributed by atoms with Gasteiger partial charge in [0.15, 0.2) is 0 Å². The predicted octanol–water partition coefficient (Wildman–Crippen LogP) is 1.55. The Morgan fingerprint density at radius 3 is 2.15 bits per heavy atom. The van der Waals surface area contributed by atoms with E-state index in [-0.39, 0.29) is 17.4 Å². The van der Waals surface area contributed by atoms with Crippen molar-refractivity contribution in [2.75, 3.05) is 0 Å². The summed E-state index contributed by atoms with van der Waals surface area (Å²) >= 11 is 0. The van der Waals surface area contributed by atoms with E-state index in [0.717, 1.165) is 19.3 Å². The Balaban J connectivity index is 2.27. The number of aliphatic hydroxyl groups is 2. The van der Waals surface area contributed by atoms with Crippen LogP contribution in [0.1, 0.15) is 40.0 Å². The molecular weight excluding hydrogens is 164 g/mol. The Labute approximate surface area is 80.0 Å². The first-order valence-electron chi connectivity index (χ1n) is 5.25. The smallest absolute Gasteiger partial charge is 0.0751 e. The second kappa shape index (κ2) is 2.48. The molecule has 2 aliphatic rings. The third kappa shape index (κ3) is 1.15. The van der Waals surface area contributed by atoms with E-state index < -0.39 is 5.60 Å². The minimum atomic E-state index is -0.630. The lowest BCUT2D eigenvalue weighted by Gasteiger charge is -2.45. The molecule has 76 valence electrons. The molecule has 0 aliphatic heterocycles. The molecule has 0 aromatic heterocycles. The van der Waals surface area contributed by atoms with E-state index in [0.29, 0.717) is 5.92 Å². The molecule has 2 saturated carbocycles. The lowest BCUT2D eigenvalue weighted by Crippen LogP contribution is -2.51. The molecule has 2 nitrogen and oxygen atoms in total. The molecule has 2 rings (SSSR count). The van der Waals surface area contributed by atoms with Gasteiger partial charge >= 0.3 is 0 Å². The number of rotatable bonds is 0. The quantitative estimate of drug-likeness (QED) is 0.599. The lowest BCUT2D eigenvalue weighted by atomic mass is 9.67. The summed E-state index contributed by atoms with van der Waals surface area (Å²) in [6.45, 7) is 6.21. The van der Waals surface area contributed by atoms with Crippen LogP contribution in [0, 0.1) is 17.3 Å². The first-order valence-corrected chi connectivity index (χ1v) is 5.25. The molecule has 0 unspecified atom stereocenters. The van der Waals surface area contributed by atoms with Crippen LogP contribution in [-0.4, -0.2) is 21.9 Å². The molecule has 0 aromatic carbocycles. The molecule has 2 bridgehead atoms. The van der Waals surface area contributed by atoms with Crippen molar-refractivity contribution in [3.63, 3.8) is 0 Å². The Kier molecular flexibility index (Phi) is 1.81. The molecule has 0 radical (unpaired) electrons. The highest BCUT2D eigenvalue weighted by Gasteiger charge is 2.59. The third-order valence-corrected chi connectivity index (χ3v) is 4.14. The number of fused-ring (bicyclic) bond motifs is 2. The molecule has 0 aromatic rings. The normalized spacial score (nSPS) is 50.1. The van der Waals surface area contributed by atoms with Gasteiger partial charge in [0.05, 0.1) is 11.7 Å². The van der Waals surface area contributed by atoms with Crippen LogP contribution in [0.4, 0.5) is 0 Å². The third-order valence-electron chi connectivity index (χ3n) is 4.14. The fraction of sp³-hybridized carbons (Fsp3) is 1.00. The Hall–Kier alpha value is -0.0800. The molecule has 2 fully saturated rings. The van der Waals surface area contributed by atoms with Crippen molar-refractivity contribution in [3.8, 4) is 0 Å².